The molecular formula is C25H35N5O4. The van der Waals surface area contributed by atoms with Crippen molar-refractivity contribution < 1.29 is 19.2 Å². The van der Waals surface area contributed by atoms with Gasteiger partial charge in [-0.15, -0.1) is 0 Å². The second-order valence-corrected chi connectivity index (χ2v) is 8.96. The van der Waals surface area contributed by atoms with Gasteiger partial charge >= 0.3 is 0 Å². The van der Waals surface area contributed by atoms with E-state index in [4.69, 9.17) is 0 Å². The summed E-state index contributed by atoms with van der Waals surface area (Å²) in [6.07, 6.45) is 5.84. The zero-order valence-corrected chi connectivity index (χ0v) is 19.9. The maximum atomic E-state index is 13.5. The van der Waals surface area contributed by atoms with Crippen LogP contribution in [0.5, 0.6) is 0 Å². The van der Waals surface area contributed by atoms with E-state index < -0.39 is 18.1 Å². The maximum Gasteiger partial charge on any atom is 0.247 e. The smallest absolute Gasteiger partial charge is 0.247 e. The highest BCUT2D eigenvalue weighted by molar-refractivity contribution is 5.99. The standard InChI is InChI=1S/C25H35N5O4/c1-4-22(31)28-18-9-7-8-17(14-18)15-27-24(33)21-13-12-19-10-5-6-11-20(25(34)30(19)21)29-23(32)16(2)26-3/h4,7-9,14,16,19-21,26H,1,5-6,10-13,15H2,2-3H3,(H,27,33)(H,28,31)(H,29,32). The van der Waals surface area contributed by atoms with Crippen LogP contribution in [-0.2, 0) is 25.7 Å². The number of nitrogens with one attached hydrogen (secondary N) is 4. The molecule has 9 heteroatoms. The molecule has 2 aliphatic rings. The predicted molar refractivity (Wildman–Crippen MR) is 130 cm³/mol. The monoisotopic (exact) mass is 469 g/mol. The Hall–Kier alpha value is -3.20. The first-order valence-corrected chi connectivity index (χ1v) is 11.9. The molecule has 9 nitrogen and oxygen atoms in total. The number of amides is 4. The van der Waals surface area contributed by atoms with Crippen molar-refractivity contribution in [1.29, 1.82) is 0 Å². The fourth-order valence-electron chi connectivity index (χ4n) is 4.61. The van der Waals surface area contributed by atoms with Gasteiger partial charge < -0.3 is 26.2 Å². The zero-order chi connectivity index (χ0) is 24.7. The predicted octanol–water partition coefficient (Wildman–Crippen LogP) is 1.45. The Kier molecular flexibility index (Phi) is 8.81. The molecule has 0 saturated carbocycles. The first kappa shape index (κ1) is 25.4. The molecule has 4 unspecified atom stereocenters. The number of fused-ring (bicyclic) bond motifs is 1. The van der Waals surface area contributed by atoms with Gasteiger partial charge in [0.05, 0.1) is 6.04 Å². The van der Waals surface area contributed by atoms with Crippen LogP contribution in [0, 0.1) is 0 Å². The van der Waals surface area contributed by atoms with Gasteiger partial charge in [0.2, 0.25) is 23.6 Å². The lowest BCUT2D eigenvalue weighted by atomic mass is 9.98. The van der Waals surface area contributed by atoms with Gasteiger partial charge in [-0.3, -0.25) is 19.2 Å². The fourth-order valence-corrected chi connectivity index (χ4v) is 4.61. The van der Waals surface area contributed by atoms with Gasteiger partial charge in [-0.2, -0.15) is 0 Å². The van der Waals surface area contributed by atoms with E-state index in [1.54, 1.807) is 37.1 Å². The molecule has 3 rings (SSSR count). The largest absolute Gasteiger partial charge is 0.350 e. The van der Waals surface area contributed by atoms with E-state index in [0.717, 1.165) is 31.2 Å². The summed E-state index contributed by atoms with van der Waals surface area (Å²) in [5.74, 6) is -0.903. The van der Waals surface area contributed by atoms with Crippen molar-refractivity contribution in [1.82, 2.24) is 20.9 Å². The molecule has 0 spiro atoms. The van der Waals surface area contributed by atoms with Crippen LogP contribution in [0.1, 0.15) is 51.0 Å². The Labute approximate surface area is 200 Å². The first-order valence-electron chi connectivity index (χ1n) is 11.9. The molecule has 34 heavy (non-hydrogen) atoms. The van der Waals surface area contributed by atoms with Crippen molar-refractivity contribution in [2.45, 2.75) is 76.2 Å². The Morgan fingerprint density at radius 3 is 2.68 bits per heavy atom. The van der Waals surface area contributed by atoms with Crippen molar-refractivity contribution in [2.24, 2.45) is 0 Å². The second-order valence-electron chi connectivity index (χ2n) is 8.96. The van der Waals surface area contributed by atoms with Crippen LogP contribution in [0.4, 0.5) is 5.69 Å². The highest BCUT2D eigenvalue weighted by atomic mass is 16.2. The minimum atomic E-state index is -0.621. The zero-order valence-electron chi connectivity index (χ0n) is 19.9. The van der Waals surface area contributed by atoms with Gasteiger partial charge in [0.15, 0.2) is 0 Å². The summed E-state index contributed by atoms with van der Waals surface area (Å²) in [6, 6.07) is 5.64. The van der Waals surface area contributed by atoms with Crippen molar-refractivity contribution in [3.8, 4) is 0 Å². The number of carbonyl (C=O) groups is 4. The molecule has 2 fully saturated rings. The molecule has 0 bridgehead atoms. The minimum absolute atomic E-state index is 0.0159. The van der Waals surface area contributed by atoms with Crippen LogP contribution in [0.3, 0.4) is 0 Å². The molecule has 4 amide bonds. The molecule has 2 aliphatic heterocycles. The van der Waals surface area contributed by atoms with Crippen LogP contribution >= 0.6 is 0 Å². The number of benzene rings is 1. The average Bonchev–Trinajstić information content (AvgIpc) is 3.25. The normalized spacial score (nSPS) is 23.2. The van der Waals surface area contributed by atoms with Gasteiger partial charge in [-0.05, 0) is 63.4 Å². The second kappa shape index (κ2) is 11.8. The lowest BCUT2D eigenvalue weighted by Gasteiger charge is -2.35. The molecule has 4 N–H and O–H groups in total. The Morgan fingerprint density at radius 1 is 1.18 bits per heavy atom. The third kappa shape index (κ3) is 6.22. The molecule has 0 aromatic heterocycles. The van der Waals surface area contributed by atoms with Gasteiger partial charge in [0, 0.05) is 18.3 Å². The number of rotatable bonds is 8. The minimum Gasteiger partial charge on any atom is -0.350 e. The molecular weight excluding hydrogens is 434 g/mol. The summed E-state index contributed by atoms with van der Waals surface area (Å²) in [5, 5.41) is 11.4. The number of hydrogen-bond acceptors (Lipinski definition) is 5. The van der Waals surface area contributed by atoms with E-state index in [1.165, 1.54) is 6.08 Å². The van der Waals surface area contributed by atoms with E-state index in [-0.39, 0.29) is 36.2 Å². The fraction of sp³-hybridized carbons (Fsp3) is 0.520. The number of carbonyl (C=O) groups excluding carboxylic acids is 4. The third-order valence-electron chi connectivity index (χ3n) is 6.63. The van der Waals surface area contributed by atoms with E-state index in [1.807, 2.05) is 6.07 Å². The maximum absolute atomic E-state index is 13.5. The molecule has 1 aromatic carbocycles. The van der Waals surface area contributed by atoms with Crippen molar-refractivity contribution in [2.75, 3.05) is 12.4 Å². The van der Waals surface area contributed by atoms with Gasteiger partial charge in [-0.1, -0.05) is 31.6 Å². The lowest BCUT2D eigenvalue weighted by molar-refractivity contribution is -0.144. The van der Waals surface area contributed by atoms with E-state index in [0.29, 0.717) is 18.5 Å². The van der Waals surface area contributed by atoms with Crippen molar-refractivity contribution in [3.63, 3.8) is 0 Å². The number of hydrogen-bond donors (Lipinski definition) is 4. The molecule has 2 saturated heterocycles. The number of likely N-dealkylation sites (N-methyl/N-ethyl adjacent to an activating group) is 1. The number of nitrogens with zero attached hydrogens (tertiary/aromatic N) is 1. The molecule has 0 aliphatic carbocycles. The molecule has 184 valence electrons. The number of anilines is 1. The van der Waals surface area contributed by atoms with Crippen molar-refractivity contribution in [3.05, 3.63) is 42.5 Å². The summed E-state index contributed by atoms with van der Waals surface area (Å²) in [6.45, 7) is 5.46. The van der Waals surface area contributed by atoms with Crippen molar-refractivity contribution >= 4 is 29.3 Å². The van der Waals surface area contributed by atoms with Crippen LogP contribution in [-0.4, -0.2) is 59.7 Å². The van der Waals surface area contributed by atoms with E-state index in [9.17, 15) is 19.2 Å². The van der Waals surface area contributed by atoms with Gasteiger partial charge in [-0.25, -0.2) is 0 Å². The topological polar surface area (TPSA) is 120 Å². The van der Waals surface area contributed by atoms with Crippen LogP contribution < -0.4 is 21.3 Å². The highest BCUT2D eigenvalue weighted by Gasteiger charge is 2.43. The molecule has 0 radical (unpaired) electrons. The molecule has 2 heterocycles. The Morgan fingerprint density at radius 2 is 1.94 bits per heavy atom. The van der Waals surface area contributed by atoms with E-state index >= 15 is 0 Å². The Bertz CT molecular complexity index is 934. The first-order chi connectivity index (χ1) is 16.3. The summed E-state index contributed by atoms with van der Waals surface area (Å²) in [7, 11) is 1.70. The van der Waals surface area contributed by atoms with Crippen LogP contribution in [0.15, 0.2) is 36.9 Å². The molecule has 1 aromatic rings. The van der Waals surface area contributed by atoms with Crippen LogP contribution in [0.2, 0.25) is 0 Å². The van der Waals surface area contributed by atoms with Gasteiger partial charge in [0.1, 0.15) is 12.1 Å². The third-order valence-corrected chi connectivity index (χ3v) is 6.63. The van der Waals surface area contributed by atoms with Gasteiger partial charge in [0.25, 0.3) is 0 Å². The average molecular weight is 470 g/mol. The summed E-state index contributed by atoms with van der Waals surface area (Å²) < 4.78 is 0. The highest BCUT2D eigenvalue weighted by Crippen LogP contribution is 2.31. The summed E-state index contributed by atoms with van der Waals surface area (Å²) >= 11 is 0. The summed E-state index contributed by atoms with van der Waals surface area (Å²) in [5.41, 5.74) is 1.45. The molecule has 4 atom stereocenters. The Balaban J connectivity index is 1.67. The van der Waals surface area contributed by atoms with E-state index in [2.05, 4.69) is 27.8 Å². The SMILES string of the molecule is C=CC(=O)Nc1cccc(CNC(=O)C2CCC3CCCCC(NC(=O)C(C)NC)C(=O)N32)c1. The lowest BCUT2D eigenvalue weighted by Crippen LogP contribution is -2.57. The summed E-state index contributed by atoms with van der Waals surface area (Å²) in [4.78, 5) is 52.2. The quantitative estimate of drug-likeness (QED) is 0.430. The van der Waals surface area contributed by atoms with Crippen LogP contribution in [0.25, 0.3) is 0 Å².